The minimum atomic E-state index is 0.626. The van der Waals surface area contributed by atoms with Gasteiger partial charge in [-0.3, -0.25) is 14.8 Å². The number of likely N-dealkylation sites (tertiary alicyclic amines) is 1. The summed E-state index contributed by atoms with van der Waals surface area (Å²) in [6, 6.07) is 9.06. The van der Waals surface area contributed by atoms with Gasteiger partial charge >= 0.3 is 0 Å². The van der Waals surface area contributed by atoms with Gasteiger partial charge in [0.2, 0.25) is 0 Å². The summed E-state index contributed by atoms with van der Waals surface area (Å²) < 4.78 is 11.3. The lowest BCUT2D eigenvalue weighted by Crippen LogP contribution is -2.39. The SMILES string of the molecule is CCOc1cc(CN(Cc2cccnc2)C[C@H]2CCCN2CC)c(C)cc1OC. The first-order chi connectivity index (χ1) is 14.1. The highest BCUT2D eigenvalue weighted by Gasteiger charge is 2.25. The van der Waals surface area contributed by atoms with Crippen molar-refractivity contribution in [3.63, 3.8) is 0 Å². The molecule has 0 unspecified atom stereocenters. The second kappa shape index (κ2) is 10.6. The van der Waals surface area contributed by atoms with Gasteiger partial charge in [0.05, 0.1) is 13.7 Å². The van der Waals surface area contributed by atoms with Gasteiger partial charge in [0, 0.05) is 38.1 Å². The van der Waals surface area contributed by atoms with Crippen LogP contribution in [0.4, 0.5) is 0 Å². The van der Waals surface area contributed by atoms with E-state index in [2.05, 4.69) is 46.8 Å². The van der Waals surface area contributed by atoms with Crippen molar-refractivity contribution in [1.82, 2.24) is 14.8 Å². The average molecular weight is 398 g/mol. The number of nitrogens with zero attached hydrogens (tertiary/aromatic N) is 3. The summed E-state index contributed by atoms with van der Waals surface area (Å²) in [6.07, 6.45) is 6.40. The normalized spacial score (nSPS) is 17.1. The lowest BCUT2D eigenvalue weighted by molar-refractivity contribution is 0.165. The van der Waals surface area contributed by atoms with Gasteiger partial charge in [0.1, 0.15) is 0 Å². The van der Waals surface area contributed by atoms with Gasteiger partial charge < -0.3 is 9.47 Å². The Bertz CT molecular complexity index is 766. The summed E-state index contributed by atoms with van der Waals surface area (Å²) in [5, 5.41) is 0. The Balaban J connectivity index is 1.82. The average Bonchev–Trinajstić information content (AvgIpc) is 3.18. The van der Waals surface area contributed by atoms with Crippen molar-refractivity contribution in [2.45, 2.75) is 52.7 Å². The van der Waals surface area contributed by atoms with Crippen LogP contribution in [0.1, 0.15) is 43.4 Å². The predicted molar refractivity (Wildman–Crippen MR) is 118 cm³/mol. The maximum Gasteiger partial charge on any atom is 0.161 e. The molecule has 1 fully saturated rings. The smallest absolute Gasteiger partial charge is 0.161 e. The molecule has 0 spiro atoms. The van der Waals surface area contributed by atoms with Gasteiger partial charge in [0.15, 0.2) is 11.5 Å². The molecule has 0 radical (unpaired) electrons. The first kappa shape index (κ1) is 21.6. The predicted octanol–water partition coefficient (Wildman–Crippen LogP) is 4.28. The molecule has 158 valence electrons. The Hall–Kier alpha value is -2.11. The fourth-order valence-corrected chi connectivity index (χ4v) is 4.29. The number of hydrogen-bond acceptors (Lipinski definition) is 5. The Morgan fingerprint density at radius 1 is 1.21 bits per heavy atom. The first-order valence-corrected chi connectivity index (χ1v) is 10.8. The lowest BCUT2D eigenvalue weighted by Gasteiger charge is -2.31. The third kappa shape index (κ3) is 5.71. The number of methoxy groups -OCH3 is 1. The maximum atomic E-state index is 5.83. The van der Waals surface area contributed by atoms with Gasteiger partial charge in [-0.1, -0.05) is 13.0 Å². The fourth-order valence-electron chi connectivity index (χ4n) is 4.29. The molecule has 1 aliphatic rings. The summed E-state index contributed by atoms with van der Waals surface area (Å²) >= 11 is 0. The van der Waals surface area contributed by atoms with E-state index in [4.69, 9.17) is 9.47 Å². The number of benzene rings is 1. The summed E-state index contributed by atoms with van der Waals surface area (Å²) in [6.45, 7) is 12.3. The van der Waals surface area contributed by atoms with Crippen LogP contribution in [0.5, 0.6) is 11.5 Å². The third-order valence-corrected chi connectivity index (χ3v) is 5.82. The zero-order valence-electron chi connectivity index (χ0n) is 18.4. The standard InChI is InChI=1S/C24H35N3O2/c1-5-27-12-8-10-22(27)18-26(16-20-9-7-11-25-15-20)17-21-14-24(29-6-2)23(28-4)13-19(21)3/h7,9,11,13-15,22H,5-6,8,10,12,16-18H2,1-4H3/t22-/m1/s1. The van der Waals surface area contributed by atoms with Crippen LogP contribution >= 0.6 is 0 Å². The summed E-state index contributed by atoms with van der Waals surface area (Å²) in [5.41, 5.74) is 3.78. The second-order valence-corrected chi connectivity index (χ2v) is 7.82. The molecule has 5 nitrogen and oxygen atoms in total. The van der Waals surface area contributed by atoms with Crippen LogP contribution in [0.15, 0.2) is 36.7 Å². The molecular formula is C24H35N3O2. The molecule has 29 heavy (non-hydrogen) atoms. The number of rotatable bonds is 10. The molecule has 0 N–H and O–H groups in total. The molecule has 0 bridgehead atoms. The summed E-state index contributed by atoms with van der Waals surface area (Å²) in [4.78, 5) is 9.48. The van der Waals surface area contributed by atoms with Crippen molar-refractivity contribution < 1.29 is 9.47 Å². The maximum absolute atomic E-state index is 5.83. The third-order valence-electron chi connectivity index (χ3n) is 5.82. The van der Waals surface area contributed by atoms with Gasteiger partial charge in [-0.05, 0) is 74.7 Å². The largest absolute Gasteiger partial charge is 0.493 e. The molecule has 2 heterocycles. The highest BCUT2D eigenvalue weighted by atomic mass is 16.5. The second-order valence-electron chi connectivity index (χ2n) is 7.82. The van der Waals surface area contributed by atoms with Crippen molar-refractivity contribution in [2.75, 3.05) is 33.4 Å². The van der Waals surface area contributed by atoms with Crippen LogP contribution in [-0.4, -0.2) is 54.2 Å². The van der Waals surface area contributed by atoms with Crippen LogP contribution in [0, 0.1) is 6.92 Å². The van der Waals surface area contributed by atoms with E-state index in [9.17, 15) is 0 Å². The highest BCUT2D eigenvalue weighted by molar-refractivity contribution is 5.47. The van der Waals surface area contributed by atoms with Gasteiger partial charge in [-0.25, -0.2) is 0 Å². The molecule has 0 aliphatic carbocycles. The van der Waals surface area contributed by atoms with Crippen molar-refractivity contribution in [2.24, 2.45) is 0 Å². The van der Waals surface area contributed by atoms with Crippen molar-refractivity contribution in [1.29, 1.82) is 0 Å². The van der Waals surface area contributed by atoms with Crippen LogP contribution in [0.3, 0.4) is 0 Å². The molecule has 0 saturated carbocycles. The van der Waals surface area contributed by atoms with Crippen molar-refractivity contribution >= 4 is 0 Å². The van der Waals surface area contributed by atoms with E-state index >= 15 is 0 Å². The van der Waals surface area contributed by atoms with E-state index in [1.54, 1.807) is 7.11 Å². The minimum absolute atomic E-state index is 0.626. The summed E-state index contributed by atoms with van der Waals surface area (Å²) in [7, 11) is 1.70. The first-order valence-electron chi connectivity index (χ1n) is 10.8. The van der Waals surface area contributed by atoms with E-state index in [1.807, 2.05) is 25.4 Å². The number of pyridine rings is 1. The fraction of sp³-hybridized carbons (Fsp3) is 0.542. The molecule has 3 rings (SSSR count). The number of ether oxygens (including phenoxy) is 2. The molecule has 2 aromatic rings. The number of hydrogen-bond donors (Lipinski definition) is 0. The molecule has 1 aliphatic heterocycles. The van der Waals surface area contributed by atoms with Crippen LogP contribution in [0.2, 0.25) is 0 Å². The molecular weight excluding hydrogens is 362 g/mol. The van der Waals surface area contributed by atoms with Crippen LogP contribution < -0.4 is 9.47 Å². The monoisotopic (exact) mass is 397 g/mol. The number of aryl methyl sites for hydroxylation is 1. The Morgan fingerprint density at radius 3 is 2.76 bits per heavy atom. The Labute approximate surface area is 175 Å². The zero-order chi connectivity index (χ0) is 20.6. The lowest BCUT2D eigenvalue weighted by atomic mass is 10.1. The van der Waals surface area contributed by atoms with Gasteiger partial charge in [-0.2, -0.15) is 0 Å². The number of likely N-dealkylation sites (N-methyl/N-ethyl adjacent to an activating group) is 1. The summed E-state index contributed by atoms with van der Waals surface area (Å²) in [5.74, 6) is 1.63. The Kier molecular flexibility index (Phi) is 7.90. The van der Waals surface area contributed by atoms with Crippen LogP contribution in [0.25, 0.3) is 0 Å². The van der Waals surface area contributed by atoms with E-state index in [1.165, 1.54) is 36.1 Å². The highest BCUT2D eigenvalue weighted by Crippen LogP contribution is 2.31. The molecule has 1 atom stereocenters. The van der Waals surface area contributed by atoms with Gasteiger partial charge in [-0.15, -0.1) is 0 Å². The van der Waals surface area contributed by atoms with E-state index in [0.29, 0.717) is 12.6 Å². The van der Waals surface area contributed by atoms with Gasteiger partial charge in [0.25, 0.3) is 0 Å². The minimum Gasteiger partial charge on any atom is -0.493 e. The van der Waals surface area contributed by atoms with E-state index in [0.717, 1.165) is 37.7 Å². The Morgan fingerprint density at radius 2 is 2.07 bits per heavy atom. The topological polar surface area (TPSA) is 37.8 Å². The molecule has 1 saturated heterocycles. The molecule has 1 aromatic heterocycles. The zero-order valence-corrected chi connectivity index (χ0v) is 18.4. The molecule has 0 amide bonds. The quantitative estimate of drug-likeness (QED) is 0.598. The number of aromatic nitrogens is 1. The molecule has 1 aromatic carbocycles. The van der Waals surface area contributed by atoms with Crippen molar-refractivity contribution in [3.8, 4) is 11.5 Å². The molecule has 5 heteroatoms. The van der Waals surface area contributed by atoms with E-state index < -0.39 is 0 Å². The van der Waals surface area contributed by atoms with E-state index in [-0.39, 0.29) is 0 Å². The van der Waals surface area contributed by atoms with Crippen LogP contribution in [-0.2, 0) is 13.1 Å². The van der Waals surface area contributed by atoms with Crippen molar-refractivity contribution in [3.05, 3.63) is 53.3 Å².